The number of ether oxygens (including phenoxy) is 4. The van der Waals surface area contributed by atoms with E-state index in [9.17, 15) is 4.79 Å². The van der Waals surface area contributed by atoms with E-state index in [2.05, 4.69) is 6.58 Å². The van der Waals surface area contributed by atoms with Crippen LogP contribution in [0.4, 0.5) is 0 Å². The third-order valence-electron chi connectivity index (χ3n) is 4.41. The maximum absolute atomic E-state index is 11.5. The molecule has 0 saturated heterocycles. The Morgan fingerprint density at radius 1 is 0.871 bits per heavy atom. The lowest BCUT2D eigenvalue weighted by molar-refractivity contribution is -0.139. The van der Waals surface area contributed by atoms with Crippen molar-refractivity contribution in [2.45, 2.75) is 11.8 Å². The predicted molar refractivity (Wildman–Crippen MR) is 124 cm³/mol. The Kier molecular flexibility index (Phi) is 8.24. The number of esters is 1. The van der Waals surface area contributed by atoms with Crippen LogP contribution >= 0.6 is 11.8 Å². The molecule has 5 nitrogen and oxygen atoms in total. The number of carbonyl (C=O) groups excluding carboxylic acids is 1. The Morgan fingerprint density at radius 3 is 2.23 bits per heavy atom. The normalized spacial score (nSPS) is 10.5. The molecule has 0 aromatic heterocycles. The number of hydrogen-bond donors (Lipinski definition) is 0. The molecule has 0 saturated carbocycles. The van der Waals surface area contributed by atoms with Crippen LogP contribution in [0, 0.1) is 0 Å². The van der Waals surface area contributed by atoms with Gasteiger partial charge in [0.05, 0.1) is 4.90 Å². The summed E-state index contributed by atoms with van der Waals surface area (Å²) in [6.07, 6.45) is 1.99. The van der Waals surface area contributed by atoms with Gasteiger partial charge in [-0.1, -0.05) is 49.0 Å². The number of hydrogen-bond acceptors (Lipinski definition) is 6. The van der Waals surface area contributed by atoms with E-state index in [0.717, 1.165) is 32.9 Å². The maximum atomic E-state index is 11.5. The number of carbonyl (C=O) groups is 1. The second-order valence-corrected chi connectivity index (χ2v) is 7.57. The molecule has 3 aromatic rings. The van der Waals surface area contributed by atoms with Gasteiger partial charge in [-0.15, -0.1) is 11.8 Å². The van der Waals surface area contributed by atoms with E-state index in [0.29, 0.717) is 18.8 Å². The highest BCUT2D eigenvalue weighted by Crippen LogP contribution is 2.41. The molecular weight excluding hydrogens is 412 g/mol. The summed E-state index contributed by atoms with van der Waals surface area (Å²) in [7, 11) is 0. The van der Waals surface area contributed by atoms with Gasteiger partial charge in [0, 0.05) is 16.3 Å². The van der Waals surface area contributed by atoms with Crippen molar-refractivity contribution in [1.82, 2.24) is 0 Å². The largest absolute Gasteiger partial charge is 0.490 e. The van der Waals surface area contributed by atoms with E-state index in [1.165, 1.54) is 0 Å². The molecule has 0 N–H and O–H groups in total. The van der Waals surface area contributed by atoms with Crippen LogP contribution in [0.3, 0.4) is 0 Å². The Bertz CT molecular complexity index is 1030. The quantitative estimate of drug-likeness (QED) is 0.170. The van der Waals surface area contributed by atoms with Crippen molar-refractivity contribution >= 4 is 28.5 Å². The summed E-state index contributed by atoms with van der Waals surface area (Å²) in [5, 5.41) is 1.90. The average Bonchev–Trinajstić information content (AvgIpc) is 2.80. The van der Waals surface area contributed by atoms with Gasteiger partial charge in [-0.05, 0) is 31.4 Å². The summed E-state index contributed by atoms with van der Waals surface area (Å²) < 4.78 is 22.9. The second kappa shape index (κ2) is 11.3. The van der Waals surface area contributed by atoms with E-state index in [1.807, 2.05) is 66.9 Å². The van der Waals surface area contributed by atoms with Gasteiger partial charge in [-0.25, -0.2) is 4.79 Å². The van der Waals surface area contributed by atoms with Crippen LogP contribution in [0.1, 0.15) is 6.92 Å². The molecule has 0 atom stereocenters. The zero-order valence-electron chi connectivity index (χ0n) is 17.8. The Labute approximate surface area is 187 Å². The predicted octanol–water partition coefficient (Wildman–Crippen LogP) is 5.52. The molecule has 0 aliphatic rings. The van der Waals surface area contributed by atoms with Crippen LogP contribution in [-0.2, 0) is 9.53 Å². The molecule has 3 rings (SSSR count). The number of para-hydroxylation sites is 1. The lowest BCUT2D eigenvalue weighted by Gasteiger charge is -2.17. The highest BCUT2D eigenvalue weighted by molar-refractivity contribution is 7.98. The zero-order valence-corrected chi connectivity index (χ0v) is 18.6. The Balaban J connectivity index is 1.69. The summed E-state index contributed by atoms with van der Waals surface area (Å²) in [4.78, 5) is 12.5. The van der Waals surface area contributed by atoms with Gasteiger partial charge in [-0.2, -0.15) is 0 Å². The number of thioether (sulfide) groups is 1. The van der Waals surface area contributed by atoms with Gasteiger partial charge >= 0.3 is 5.97 Å². The molecule has 0 unspecified atom stereocenters. The van der Waals surface area contributed by atoms with E-state index in [4.69, 9.17) is 18.9 Å². The zero-order chi connectivity index (χ0) is 22.1. The third kappa shape index (κ3) is 6.18. The summed E-state index contributed by atoms with van der Waals surface area (Å²) in [6, 6.07) is 19.6. The van der Waals surface area contributed by atoms with Gasteiger partial charge in [0.2, 0.25) is 0 Å². The molecule has 31 heavy (non-hydrogen) atoms. The van der Waals surface area contributed by atoms with E-state index in [1.54, 1.807) is 18.7 Å². The highest BCUT2D eigenvalue weighted by atomic mass is 32.2. The molecular formula is C25H26O5S. The molecule has 0 amide bonds. The van der Waals surface area contributed by atoms with Gasteiger partial charge in [0.25, 0.3) is 0 Å². The SMILES string of the molecule is C=C(C)C(=O)OCCOc1c(SC)cc(OCCOc2ccccc2)c2ccccc12. The number of rotatable bonds is 11. The summed E-state index contributed by atoms with van der Waals surface area (Å²) in [5.74, 6) is 1.93. The Morgan fingerprint density at radius 2 is 1.52 bits per heavy atom. The van der Waals surface area contributed by atoms with E-state index in [-0.39, 0.29) is 13.2 Å². The molecule has 0 spiro atoms. The minimum absolute atomic E-state index is 0.156. The molecule has 0 fully saturated rings. The number of fused-ring (bicyclic) bond motifs is 1. The number of benzene rings is 3. The standard InChI is InChI=1S/C25H26O5S/c1-18(2)25(26)30-16-15-29-24-21-12-8-7-11-20(21)22(17-23(24)31-3)28-14-13-27-19-9-5-4-6-10-19/h4-12,17H,1,13-16H2,2-3H3. The molecule has 0 aliphatic heterocycles. The Hall–Kier alpha value is -3.12. The fraction of sp³-hybridized carbons (Fsp3) is 0.240. The van der Waals surface area contributed by atoms with Crippen LogP contribution in [0.5, 0.6) is 17.2 Å². The summed E-state index contributed by atoms with van der Waals surface area (Å²) >= 11 is 1.57. The average molecular weight is 439 g/mol. The van der Waals surface area contributed by atoms with Crippen LogP contribution in [0.25, 0.3) is 10.8 Å². The van der Waals surface area contributed by atoms with Crippen LogP contribution in [-0.4, -0.2) is 38.7 Å². The van der Waals surface area contributed by atoms with Crippen molar-refractivity contribution in [2.24, 2.45) is 0 Å². The van der Waals surface area contributed by atoms with Gasteiger partial charge in [0.15, 0.2) is 0 Å². The first-order valence-corrected chi connectivity index (χ1v) is 11.2. The van der Waals surface area contributed by atoms with E-state index < -0.39 is 5.97 Å². The molecule has 0 bridgehead atoms. The minimum Gasteiger partial charge on any atom is -0.490 e. The van der Waals surface area contributed by atoms with Crippen LogP contribution in [0.2, 0.25) is 0 Å². The lowest BCUT2D eigenvalue weighted by atomic mass is 10.1. The molecule has 0 heterocycles. The van der Waals surface area contributed by atoms with Crippen molar-refractivity contribution in [3.8, 4) is 17.2 Å². The first kappa shape index (κ1) is 22.6. The smallest absolute Gasteiger partial charge is 0.333 e. The lowest BCUT2D eigenvalue weighted by Crippen LogP contribution is -2.13. The van der Waals surface area contributed by atoms with Gasteiger partial charge < -0.3 is 18.9 Å². The maximum Gasteiger partial charge on any atom is 0.333 e. The second-order valence-electron chi connectivity index (χ2n) is 6.73. The summed E-state index contributed by atoms with van der Waals surface area (Å²) in [6.45, 7) is 6.46. The first-order valence-electron chi connectivity index (χ1n) is 9.96. The van der Waals surface area contributed by atoms with Crippen molar-refractivity contribution in [2.75, 3.05) is 32.7 Å². The van der Waals surface area contributed by atoms with Gasteiger partial charge in [0.1, 0.15) is 43.7 Å². The molecule has 0 radical (unpaired) electrons. The fourth-order valence-electron chi connectivity index (χ4n) is 2.94. The van der Waals surface area contributed by atoms with Crippen molar-refractivity contribution in [3.05, 3.63) is 72.8 Å². The molecule has 3 aromatic carbocycles. The minimum atomic E-state index is -0.417. The third-order valence-corrected chi connectivity index (χ3v) is 5.15. The van der Waals surface area contributed by atoms with Crippen molar-refractivity contribution in [3.63, 3.8) is 0 Å². The summed E-state index contributed by atoms with van der Waals surface area (Å²) in [5.41, 5.74) is 0.369. The van der Waals surface area contributed by atoms with Gasteiger partial charge in [-0.3, -0.25) is 0 Å². The topological polar surface area (TPSA) is 54.0 Å². The monoisotopic (exact) mass is 438 g/mol. The first-order chi connectivity index (χ1) is 15.1. The molecule has 162 valence electrons. The van der Waals surface area contributed by atoms with Crippen LogP contribution in [0.15, 0.2) is 77.7 Å². The highest BCUT2D eigenvalue weighted by Gasteiger charge is 2.14. The van der Waals surface area contributed by atoms with Crippen molar-refractivity contribution in [1.29, 1.82) is 0 Å². The fourth-order valence-corrected chi connectivity index (χ4v) is 3.52. The van der Waals surface area contributed by atoms with Crippen LogP contribution < -0.4 is 14.2 Å². The van der Waals surface area contributed by atoms with E-state index >= 15 is 0 Å². The van der Waals surface area contributed by atoms with Crippen molar-refractivity contribution < 1.29 is 23.7 Å². The molecule has 6 heteroatoms. The molecule has 0 aliphatic carbocycles.